The molecule has 3 heterocycles. The van der Waals surface area contributed by atoms with E-state index in [9.17, 15) is 44.7 Å². The van der Waals surface area contributed by atoms with Gasteiger partial charge in [-0.2, -0.15) is 26.3 Å². The number of carbonyl (C=O) groups is 2. The number of carbonyl (C=O) groups excluding carboxylic acids is 2. The van der Waals surface area contributed by atoms with E-state index >= 15 is 0 Å². The molecule has 1 saturated heterocycles. The molecule has 9 nitrogen and oxygen atoms in total. The number of hydrogen-bond donors (Lipinski definition) is 1. The number of aromatic nitrogens is 2. The van der Waals surface area contributed by atoms with Crippen LogP contribution in [0.1, 0.15) is 37.5 Å². The van der Waals surface area contributed by atoms with Gasteiger partial charge in [-0.25, -0.2) is 13.8 Å². The number of nitrogens with one attached hydrogen (secondary N) is 1. The largest absolute Gasteiger partial charge is 0.488 e. The maximum atomic E-state index is 13.5. The summed E-state index contributed by atoms with van der Waals surface area (Å²) in [6, 6.07) is 17.3. The third-order valence-corrected chi connectivity index (χ3v) is 8.71. The Balaban J connectivity index is 0.00000580. The lowest BCUT2D eigenvalue weighted by atomic mass is 10.0. The lowest BCUT2D eigenvalue weighted by molar-refractivity contribution is -0.143. The summed E-state index contributed by atoms with van der Waals surface area (Å²) in [6.07, 6.45) is -11.7. The van der Waals surface area contributed by atoms with Crippen molar-refractivity contribution in [3.05, 3.63) is 113 Å². The molecule has 0 bridgehead atoms. The van der Waals surface area contributed by atoms with Crippen LogP contribution in [0, 0.1) is 0 Å². The standard InChI is InChI=1S/C37H31F8N5O4.BrH/c1-48-30-18-27(54-33-11-6-25(19-46-33)47-34(51)28-10-5-24(36(40,41)42)17-29(28)37(43,44)45)9-4-23(30)16-31(48)35(52)50-14-12-49(13-15-50)20-22-2-7-26(8-3-22)53-21-32(38)39;/h2-11,16-19,32H,12-15,20-21H2,1H3,(H,47,51);1H. The summed E-state index contributed by atoms with van der Waals surface area (Å²) in [5.74, 6) is -0.631. The number of piperazine rings is 1. The monoisotopic (exact) mass is 841 g/mol. The number of anilines is 1. The minimum absolute atomic E-state index is 0. The summed E-state index contributed by atoms with van der Waals surface area (Å²) in [5.41, 5.74) is -2.15. The van der Waals surface area contributed by atoms with E-state index in [1.54, 1.807) is 52.9 Å². The molecule has 2 amide bonds. The SMILES string of the molecule is Br.Cn1c(C(=O)N2CCN(Cc3ccc(OCC(F)F)cc3)CC2)cc2ccc(Oc3ccc(NC(=O)c4ccc(C(F)(F)F)cc4C(F)(F)F)cn3)cc21. The van der Waals surface area contributed by atoms with E-state index in [0.29, 0.717) is 67.6 Å². The van der Waals surface area contributed by atoms with Gasteiger partial charge in [0.15, 0.2) is 0 Å². The zero-order valence-electron chi connectivity index (χ0n) is 28.8. The van der Waals surface area contributed by atoms with Crippen LogP contribution in [-0.2, 0) is 25.9 Å². The quantitative estimate of drug-likeness (QED) is 0.142. The van der Waals surface area contributed by atoms with Crippen LogP contribution < -0.4 is 14.8 Å². The molecule has 1 N–H and O–H groups in total. The molecule has 3 aromatic carbocycles. The maximum Gasteiger partial charge on any atom is 0.417 e. The van der Waals surface area contributed by atoms with Gasteiger partial charge >= 0.3 is 12.4 Å². The van der Waals surface area contributed by atoms with Crippen molar-refractivity contribution in [3.63, 3.8) is 0 Å². The molecule has 1 aliphatic heterocycles. The fourth-order valence-electron chi connectivity index (χ4n) is 5.95. The number of aryl methyl sites for hydroxylation is 1. The Morgan fingerprint density at radius 1 is 0.836 bits per heavy atom. The first-order valence-electron chi connectivity index (χ1n) is 16.4. The smallest absolute Gasteiger partial charge is 0.417 e. The first kappa shape index (κ1) is 40.9. The second-order valence-electron chi connectivity index (χ2n) is 12.4. The molecule has 55 heavy (non-hydrogen) atoms. The van der Waals surface area contributed by atoms with E-state index < -0.39 is 48.0 Å². The second-order valence-corrected chi connectivity index (χ2v) is 12.4. The van der Waals surface area contributed by atoms with E-state index in [-0.39, 0.29) is 40.5 Å². The minimum Gasteiger partial charge on any atom is -0.488 e. The van der Waals surface area contributed by atoms with Gasteiger partial charge < -0.3 is 24.3 Å². The summed E-state index contributed by atoms with van der Waals surface area (Å²) >= 11 is 0. The van der Waals surface area contributed by atoms with E-state index in [4.69, 9.17) is 9.47 Å². The highest BCUT2D eigenvalue weighted by Crippen LogP contribution is 2.38. The fourth-order valence-corrected chi connectivity index (χ4v) is 5.95. The normalized spacial score (nSPS) is 13.8. The zero-order valence-corrected chi connectivity index (χ0v) is 30.5. The number of ether oxygens (including phenoxy) is 2. The molecule has 6 rings (SSSR count). The van der Waals surface area contributed by atoms with Crippen LogP contribution in [0.5, 0.6) is 17.4 Å². The maximum absolute atomic E-state index is 13.5. The van der Waals surface area contributed by atoms with Crippen molar-refractivity contribution < 1.29 is 54.2 Å². The summed E-state index contributed by atoms with van der Waals surface area (Å²) in [6.45, 7) is 2.24. The average molecular weight is 843 g/mol. The minimum atomic E-state index is -5.22. The van der Waals surface area contributed by atoms with Gasteiger partial charge in [-0.1, -0.05) is 12.1 Å². The molecular weight excluding hydrogens is 810 g/mol. The number of nitrogens with zero attached hydrogens (tertiary/aromatic N) is 4. The Kier molecular flexibility index (Phi) is 12.4. The molecule has 1 aliphatic rings. The Hall–Kier alpha value is -5.23. The Morgan fingerprint density at radius 2 is 1.53 bits per heavy atom. The first-order chi connectivity index (χ1) is 25.5. The predicted molar refractivity (Wildman–Crippen MR) is 191 cm³/mol. The highest BCUT2D eigenvalue weighted by molar-refractivity contribution is 8.93. The fraction of sp³-hybridized carbons (Fsp3) is 0.270. The molecular formula is C37H32BrF8N5O4. The number of benzene rings is 3. The first-order valence-corrected chi connectivity index (χ1v) is 16.4. The number of pyridine rings is 1. The molecule has 5 aromatic rings. The van der Waals surface area contributed by atoms with Crippen molar-refractivity contribution >= 4 is 45.4 Å². The highest BCUT2D eigenvalue weighted by Gasteiger charge is 2.39. The van der Waals surface area contributed by atoms with Gasteiger partial charge in [0.2, 0.25) is 5.88 Å². The van der Waals surface area contributed by atoms with Crippen molar-refractivity contribution in [1.29, 1.82) is 0 Å². The summed E-state index contributed by atoms with van der Waals surface area (Å²) < 4.78 is 117. The number of amides is 2. The number of rotatable bonds is 10. The molecule has 0 spiro atoms. The Labute approximate surface area is 319 Å². The topological polar surface area (TPSA) is 88.9 Å². The van der Waals surface area contributed by atoms with E-state index in [0.717, 1.165) is 17.1 Å². The third-order valence-electron chi connectivity index (χ3n) is 8.71. The predicted octanol–water partition coefficient (Wildman–Crippen LogP) is 8.84. The van der Waals surface area contributed by atoms with Crippen LogP contribution >= 0.6 is 17.0 Å². The van der Waals surface area contributed by atoms with Gasteiger partial charge in [0.1, 0.15) is 23.8 Å². The zero-order chi connectivity index (χ0) is 38.8. The molecule has 0 radical (unpaired) electrons. The van der Waals surface area contributed by atoms with Crippen LogP contribution in [0.3, 0.4) is 0 Å². The van der Waals surface area contributed by atoms with Crippen molar-refractivity contribution in [2.75, 3.05) is 38.1 Å². The second kappa shape index (κ2) is 16.6. The molecule has 0 unspecified atom stereocenters. The average Bonchev–Trinajstić information content (AvgIpc) is 3.46. The van der Waals surface area contributed by atoms with Crippen LogP contribution in [0.2, 0.25) is 0 Å². The molecule has 1 fully saturated rings. The van der Waals surface area contributed by atoms with Crippen molar-refractivity contribution in [2.24, 2.45) is 7.05 Å². The van der Waals surface area contributed by atoms with Gasteiger partial charge in [0.25, 0.3) is 18.2 Å². The molecule has 2 aromatic heterocycles. The van der Waals surface area contributed by atoms with Crippen molar-refractivity contribution in [3.8, 4) is 17.4 Å². The van der Waals surface area contributed by atoms with E-state index in [2.05, 4.69) is 15.2 Å². The number of hydrogen-bond acceptors (Lipinski definition) is 6. The van der Waals surface area contributed by atoms with E-state index in [1.807, 2.05) is 12.1 Å². The van der Waals surface area contributed by atoms with Crippen LogP contribution in [0.15, 0.2) is 85.1 Å². The highest BCUT2D eigenvalue weighted by atomic mass is 79.9. The van der Waals surface area contributed by atoms with Crippen molar-refractivity contribution in [1.82, 2.24) is 19.4 Å². The van der Waals surface area contributed by atoms with Crippen molar-refractivity contribution in [2.45, 2.75) is 25.3 Å². The van der Waals surface area contributed by atoms with Gasteiger partial charge in [-0.3, -0.25) is 14.5 Å². The lowest BCUT2D eigenvalue weighted by Crippen LogP contribution is -2.48. The number of alkyl halides is 8. The molecule has 0 aliphatic carbocycles. The van der Waals surface area contributed by atoms with Gasteiger partial charge in [0, 0.05) is 57.3 Å². The van der Waals surface area contributed by atoms with Gasteiger partial charge in [0.05, 0.1) is 34.1 Å². The lowest BCUT2D eigenvalue weighted by Gasteiger charge is -2.34. The molecule has 0 saturated carbocycles. The molecule has 18 heteroatoms. The third kappa shape index (κ3) is 9.91. The van der Waals surface area contributed by atoms with Gasteiger partial charge in [-0.15, -0.1) is 17.0 Å². The van der Waals surface area contributed by atoms with E-state index in [1.165, 1.54) is 12.1 Å². The Bertz CT molecular complexity index is 2130. The van der Waals surface area contributed by atoms with Crippen LogP contribution in [-0.4, -0.2) is 70.4 Å². The summed E-state index contributed by atoms with van der Waals surface area (Å²) in [5, 5.41) is 2.99. The summed E-state index contributed by atoms with van der Waals surface area (Å²) in [7, 11) is 1.75. The number of fused-ring (bicyclic) bond motifs is 1. The van der Waals surface area contributed by atoms with Gasteiger partial charge in [-0.05, 0) is 60.2 Å². The van der Waals surface area contributed by atoms with Crippen LogP contribution in [0.4, 0.5) is 40.8 Å². The number of halogens is 9. The van der Waals surface area contributed by atoms with Crippen LogP contribution in [0.25, 0.3) is 10.9 Å². The summed E-state index contributed by atoms with van der Waals surface area (Å²) in [4.78, 5) is 34.2. The molecule has 0 atom stereocenters. The Morgan fingerprint density at radius 3 is 2.15 bits per heavy atom. The molecule has 292 valence electrons.